The molecule has 0 aliphatic rings. The van der Waals surface area contributed by atoms with Gasteiger partial charge in [-0.25, -0.2) is 0 Å². The number of nitrogens with zero attached hydrogens (tertiary/aromatic N) is 5. The first kappa shape index (κ1) is 23.0. The van der Waals surface area contributed by atoms with Gasteiger partial charge in [-0.05, 0) is 42.5 Å². The van der Waals surface area contributed by atoms with Gasteiger partial charge in [0.25, 0.3) is 0 Å². The quantitative estimate of drug-likeness (QED) is 0.447. The average molecular weight is 438 g/mol. The number of carbonyl (C=O) groups is 1. The SMILES string of the molecule is Cc1ccccc1-n1c(SCC(=O)N(CC(C)C)CC(C)C)nnc1-c1ccncc1. The van der Waals surface area contributed by atoms with Crippen LogP contribution < -0.4 is 0 Å². The van der Waals surface area contributed by atoms with Crippen molar-refractivity contribution in [2.24, 2.45) is 11.8 Å². The van der Waals surface area contributed by atoms with Crippen molar-refractivity contribution in [1.29, 1.82) is 0 Å². The maximum absolute atomic E-state index is 13.0. The molecule has 3 aromatic rings. The summed E-state index contributed by atoms with van der Waals surface area (Å²) in [5.41, 5.74) is 3.06. The van der Waals surface area contributed by atoms with E-state index >= 15 is 0 Å². The molecule has 7 heteroatoms. The maximum Gasteiger partial charge on any atom is 0.233 e. The highest BCUT2D eigenvalue weighted by Gasteiger charge is 2.21. The van der Waals surface area contributed by atoms with Gasteiger partial charge < -0.3 is 4.90 Å². The van der Waals surface area contributed by atoms with E-state index in [0.29, 0.717) is 22.7 Å². The van der Waals surface area contributed by atoms with E-state index in [1.807, 2.05) is 33.7 Å². The fourth-order valence-electron chi connectivity index (χ4n) is 3.46. The largest absolute Gasteiger partial charge is 0.341 e. The molecule has 0 aliphatic heterocycles. The molecule has 0 radical (unpaired) electrons. The fourth-order valence-corrected chi connectivity index (χ4v) is 4.31. The zero-order chi connectivity index (χ0) is 22.4. The topological polar surface area (TPSA) is 63.9 Å². The minimum atomic E-state index is 0.136. The Morgan fingerprint density at radius 1 is 1.00 bits per heavy atom. The van der Waals surface area contributed by atoms with E-state index in [4.69, 9.17) is 0 Å². The number of benzene rings is 1. The second kappa shape index (κ2) is 10.6. The first-order valence-electron chi connectivity index (χ1n) is 10.7. The van der Waals surface area contributed by atoms with Crippen LogP contribution in [-0.2, 0) is 4.79 Å². The Labute approximate surface area is 189 Å². The Balaban J connectivity index is 1.90. The Kier molecular flexibility index (Phi) is 7.85. The summed E-state index contributed by atoms with van der Waals surface area (Å²) in [6.07, 6.45) is 3.50. The van der Waals surface area contributed by atoms with Gasteiger partial charge in [-0.3, -0.25) is 14.3 Å². The lowest BCUT2D eigenvalue weighted by Gasteiger charge is -2.26. The molecule has 0 atom stereocenters. The first-order valence-corrected chi connectivity index (χ1v) is 11.7. The van der Waals surface area contributed by atoms with E-state index in [1.165, 1.54) is 11.8 Å². The Bertz CT molecular complexity index is 990. The van der Waals surface area contributed by atoms with E-state index in [-0.39, 0.29) is 5.91 Å². The van der Waals surface area contributed by atoms with Gasteiger partial charge in [0.2, 0.25) is 5.91 Å². The van der Waals surface area contributed by atoms with Crippen molar-refractivity contribution in [2.75, 3.05) is 18.8 Å². The highest BCUT2D eigenvalue weighted by Crippen LogP contribution is 2.29. The van der Waals surface area contributed by atoms with Gasteiger partial charge in [0.1, 0.15) is 0 Å². The third kappa shape index (κ3) is 5.94. The molecule has 0 N–H and O–H groups in total. The maximum atomic E-state index is 13.0. The van der Waals surface area contributed by atoms with Crippen molar-refractivity contribution >= 4 is 17.7 Å². The molecule has 2 aromatic heterocycles. The van der Waals surface area contributed by atoms with Crippen LogP contribution in [0.5, 0.6) is 0 Å². The van der Waals surface area contributed by atoms with Crippen molar-refractivity contribution in [3.05, 3.63) is 54.4 Å². The lowest BCUT2D eigenvalue weighted by molar-refractivity contribution is -0.129. The molecule has 1 amide bonds. The van der Waals surface area contributed by atoms with Crippen LogP contribution in [0.25, 0.3) is 17.1 Å². The fraction of sp³-hybridized carbons (Fsp3) is 0.417. The second-order valence-electron chi connectivity index (χ2n) is 8.54. The normalized spacial score (nSPS) is 11.3. The number of hydrogen-bond donors (Lipinski definition) is 0. The third-order valence-corrected chi connectivity index (χ3v) is 5.69. The Hall–Kier alpha value is -2.67. The summed E-state index contributed by atoms with van der Waals surface area (Å²) >= 11 is 1.44. The second-order valence-corrected chi connectivity index (χ2v) is 9.48. The average Bonchev–Trinajstić information content (AvgIpc) is 3.15. The molecule has 3 rings (SSSR count). The number of pyridine rings is 1. The number of hydrogen-bond acceptors (Lipinski definition) is 5. The highest BCUT2D eigenvalue weighted by molar-refractivity contribution is 7.99. The molecular formula is C24H31N5OS. The minimum absolute atomic E-state index is 0.136. The molecule has 0 saturated heterocycles. The van der Waals surface area contributed by atoms with Gasteiger partial charge in [0.15, 0.2) is 11.0 Å². The molecule has 0 spiro atoms. The van der Waals surface area contributed by atoms with Gasteiger partial charge >= 0.3 is 0 Å². The summed E-state index contributed by atoms with van der Waals surface area (Å²) in [6.45, 7) is 12.2. The number of carbonyl (C=O) groups excluding carboxylic acids is 1. The summed E-state index contributed by atoms with van der Waals surface area (Å²) < 4.78 is 2.04. The van der Waals surface area contributed by atoms with Gasteiger partial charge in [-0.2, -0.15) is 0 Å². The van der Waals surface area contributed by atoms with Gasteiger partial charge in [-0.15, -0.1) is 10.2 Å². The number of rotatable bonds is 9. The van der Waals surface area contributed by atoms with Crippen molar-refractivity contribution in [2.45, 2.75) is 39.8 Å². The number of para-hydroxylation sites is 1. The zero-order valence-electron chi connectivity index (χ0n) is 18.9. The van der Waals surface area contributed by atoms with E-state index in [1.54, 1.807) is 12.4 Å². The van der Waals surface area contributed by atoms with Crippen LogP contribution in [0.1, 0.15) is 33.3 Å². The molecule has 0 aliphatic carbocycles. The zero-order valence-corrected chi connectivity index (χ0v) is 19.8. The standard InChI is InChI=1S/C24H31N5OS/c1-17(2)14-28(15-18(3)4)22(30)16-31-24-27-26-23(20-10-12-25-13-11-20)29(24)21-9-7-6-8-19(21)5/h6-13,17-18H,14-16H2,1-5H3. The van der Waals surface area contributed by atoms with Crippen LogP contribution in [0.15, 0.2) is 53.9 Å². The molecule has 2 heterocycles. The summed E-state index contributed by atoms with van der Waals surface area (Å²) in [4.78, 5) is 19.1. The molecule has 0 unspecified atom stereocenters. The van der Waals surface area contributed by atoms with Crippen LogP contribution in [0, 0.1) is 18.8 Å². The van der Waals surface area contributed by atoms with Crippen molar-refractivity contribution in [3.8, 4) is 17.1 Å². The summed E-state index contributed by atoms with van der Waals surface area (Å²) in [5.74, 6) is 2.08. The molecule has 0 bridgehead atoms. The molecular weight excluding hydrogens is 406 g/mol. The van der Waals surface area contributed by atoms with Gasteiger partial charge in [0, 0.05) is 31.0 Å². The molecule has 0 saturated carbocycles. The third-order valence-electron chi connectivity index (χ3n) is 4.78. The predicted molar refractivity (Wildman–Crippen MR) is 126 cm³/mol. The molecule has 1 aromatic carbocycles. The Morgan fingerprint density at radius 2 is 1.65 bits per heavy atom. The molecule has 164 valence electrons. The summed E-state index contributed by atoms with van der Waals surface area (Å²) in [7, 11) is 0. The van der Waals surface area contributed by atoms with E-state index in [0.717, 1.165) is 35.7 Å². The lowest BCUT2D eigenvalue weighted by Crippen LogP contribution is -2.38. The number of amides is 1. The number of aromatic nitrogens is 4. The number of thioether (sulfide) groups is 1. The van der Waals surface area contributed by atoms with Crippen LogP contribution in [0.4, 0.5) is 0 Å². The van der Waals surface area contributed by atoms with Crippen molar-refractivity contribution < 1.29 is 4.79 Å². The molecule has 0 fully saturated rings. The van der Waals surface area contributed by atoms with Crippen LogP contribution in [-0.4, -0.2) is 49.4 Å². The first-order chi connectivity index (χ1) is 14.9. The predicted octanol–water partition coefficient (Wildman–Crippen LogP) is 4.87. The van der Waals surface area contributed by atoms with Crippen LogP contribution >= 0.6 is 11.8 Å². The highest BCUT2D eigenvalue weighted by atomic mass is 32.2. The summed E-state index contributed by atoms with van der Waals surface area (Å²) in [5, 5.41) is 9.62. The van der Waals surface area contributed by atoms with E-state index in [9.17, 15) is 4.79 Å². The summed E-state index contributed by atoms with van der Waals surface area (Å²) in [6, 6.07) is 12.0. The Morgan fingerprint density at radius 3 is 2.26 bits per heavy atom. The lowest BCUT2D eigenvalue weighted by atomic mass is 10.1. The number of aryl methyl sites for hydroxylation is 1. The van der Waals surface area contributed by atoms with Crippen LogP contribution in [0.3, 0.4) is 0 Å². The van der Waals surface area contributed by atoms with Crippen molar-refractivity contribution in [1.82, 2.24) is 24.6 Å². The molecule has 31 heavy (non-hydrogen) atoms. The minimum Gasteiger partial charge on any atom is -0.341 e. The van der Waals surface area contributed by atoms with Crippen molar-refractivity contribution in [3.63, 3.8) is 0 Å². The van der Waals surface area contributed by atoms with Gasteiger partial charge in [-0.1, -0.05) is 57.7 Å². The van der Waals surface area contributed by atoms with Crippen LogP contribution in [0.2, 0.25) is 0 Å². The van der Waals surface area contributed by atoms with Gasteiger partial charge in [0.05, 0.1) is 11.4 Å². The monoisotopic (exact) mass is 437 g/mol. The molecule has 6 nitrogen and oxygen atoms in total. The smallest absolute Gasteiger partial charge is 0.233 e. The van der Waals surface area contributed by atoms with E-state index in [2.05, 4.69) is 61.9 Å². The van der Waals surface area contributed by atoms with E-state index < -0.39 is 0 Å².